The molecule has 2 aromatic carbocycles. The van der Waals surface area contributed by atoms with Crippen molar-refractivity contribution < 1.29 is 0 Å². The van der Waals surface area contributed by atoms with Crippen molar-refractivity contribution in [3.63, 3.8) is 0 Å². The minimum Gasteiger partial charge on any atom is -0.316 e. The molecule has 0 fully saturated rings. The topological polar surface area (TPSA) is 12.0 Å². The number of hydrogen-bond acceptors (Lipinski definition) is 1. The van der Waals surface area contributed by atoms with Crippen LogP contribution in [-0.2, 0) is 12.8 Å². The van der Waals surface area contributed by atoms with Crippen molar-refractivity contribution >= 4 is 0 Å². The van der Waals surface area contributed by atoms with Crippen molar-refractivity contribution in [2.75, 3.05) is 13.1 Å². The van der Waals surface area contributed by atoms with E-state index in [9.17, 15) is 0 Å². The summed E-state index contributed by atoms with van der Waals surface area (Å²) >= 11 is 0. The zero-order valence-corrected chi connectivity index (χ0v) is 12.2. The molecule has 0 aliphatic rings. The Kier molecular flexibility index (Phi) is 6.90. The third-order valence-electron chi connectivity index (χ3n) is 3.60. The molecule has 0 spiro atoms. The van der Waals surface area contributed by atoms with Gasteiger partial charge in [0.25, 0.3) is 0 Å². The van der Waals surface area contributed by atoms with Gasteiger partial charge in [-0.05, 0) is 49.9 Å². The monoisotopic (exact) mass is 267 g/mol. The van der Waals surface area contributed by atoms with E-state index < -0.39 is 0 Å². The smallest absolute Gasteiger partial charge is 0.000835 e. The highest BCUT2D eigenvalue weighted by Crippen LogP contribution is 2.05. The molecule has 0 aliphatic heterocycles. The Bertz CT molecular complexity index is 404. The highest BCUT2D eigenvalue weighted by atomic mass is 14.8. The van der Waals surface area contributed by atoms with E-state index in [4.69, 9.17) is 0 Å². The van der Waals surface area contributed by atoms with Gasteiger partial charge in [-0.2, -0.15) is 0 Å². The molecular weight excluding hydrogens is 242 g/mol. The molecule has 1 N–H and O–H groups in total. The minimum atomic E-state index is 1.09. The Morgan fingerprint density at radius 1 is 0.550 bits per heavy atom. The van der Waals surface area contributed by atoms with Crippen molar-refractivity contribution in [3.8, 4) is 0 Å². The predicted molar refractivity (Wildman–Crippen MR) is 87.0 cm³/mol. The van der Waals surface area contributed by atoms with Crippen molar-refractivity contribution in [1.29, 1.82) is 0 Å². The van der Waals surface area contributed by atoms with E-state index in [1.165, 1.54) is 36.8 Å². The van der Waals surface area contributed by atoms with Crippen LogP contribution in [0.25, 0.3) is 0 Å². The van der Waals surface area contributed by atoms with Crippen LogP contribution in [0.4, 0.5) is 0 Å². The molecule has 1 nitrogen and oxygen atoms in total. The molecular formula is C19H25N. The average molecular weight is 267 g/mol. The van der Waals surface area contributed by atoms with Crippen LogP contribution in [-0.4, -0.2) is 13.1 Å². The highest BCUT2D eigenvalue weighted by molar-refractivity contribution is 5.15. The van der Waals surface area contributed by atoms with Crippen LogP contribution in [0.2, 0.25) is 0 Å². The van der Waals surface area contributed by atoms with E-state index in [1.54, 1.807) is 0 Å². The Morgan fingerprint density at radius 2 is 1.15 bits per heavy atom. The van der Waals surface area contributed by atoms with E-state index in [-0.39, 0.29) is 0 Å². The molecule has 0 heterocycles. The van der Waals surface area contributed by atoms with E-state index >= 15 is 0 Å². The van der Waals surface area contributed by atoms with Gasteiger partial charge in [-0.3, -0.25) is 0 Å². The van der Waals surface area contributed by atoms with Crippen molar-refractivity contribution in [3.05, 3.63) is 71.8 Å². The summed E-state index contributed by atoms with van der Waals surface area (Å²) in [6.45, 7) is 2.23. The maximum absolute atomic E-state index is 3.53. The molecule has 20 heavy (non-hydrogen) atoms. The molecule has 0 unspecified atom stereocenters. The lowest BCUT2D eigenvalue weighted by Gasteiger charge is -2.05. The molecule has 0 aromatic heterocycles. The van der Waals surface area contributed by atoms with Gasteiger partial charge in [-0.15, -0.1) is 0 Å². The zero-order valence-electron chi connectivity index (χ0n) is 12.2. The van der Waals surface area contributed by atoms with E-state index in [1.807, 2.05) is 0 Å². The molecule has 0 amide bonds. The molecule has 1 heteroatoms. The Labute approximate surface area is 123 Å². The van der Waals surface area contributed by atoms with Gasteiger partial charge < -0.3 is 5.32 Å². The normalized spacial score (nSPS) is 10.6. The van der Waals surface area contributed by atoms with Crippen LogP contribution in [0, 0.1) is 0 Å². The summed E-state index contributed by atoms with van der Waals surface area (Å²) in [4.78, 5) is 0. The molecule has 0 saturated heterocycles. The lowest BCUT2D eigenvalue weighted by Crippen LogP contribution is -2.18. The first-order valence-corrected chi connectivity index (χ1v) is 7.74. The van der Waals surface area contributed by atoms with Crippen LogP contribution < -0.4 is 5.32 Å². The van der Waals surface area contributed by atoms with E-state index in [0.717, 1.165) is 19.5 Å². The van der Waals surface area contributed by atoms with Gasteiger partial charge in [-0.25, -0.2) is 0 Å². The zero-order chi connectivity index (χ0) is 13.9. The lowest BCUT2D eigenvalue weighted by atomic mass is 10.1. The molecule has 0 atom stereocenters. The average Bonchev–Trinajstić information content (AvgIpc) is 2.52. The first-order valence-electron chi connectivity index (χ1n) is 7.74. The largest absolute Gasteiger partial charge is 0.316 e. The number of rotatable bonds is 9. The minimum absolute atomic E-state index is 1.09. The maximum atomic E-state index is 3.53. The van der Waals surface area contributed by atoms with E-state index in [2.05, 4.69) is 66.0 Å². The molecule has 106 valence electrons. The van der Waals surface area contributed by atoms with Gasteiger partial charge in [-0.1, -0.05) is 67.1 Å². The van der Waals surface area contributed by atoms with Crippen LogP contribution >= 0.6 is 0 Å². The second kappa shape index (κ2) is 9.33. The molecule has 0 saturated carbocycles. The summed E-state index contributed by atoms with van der Waals surface area (Å²) in [5, 5.41) is 3.53. The molecule has 2 rings (SSSR count). The first kappa shape index (κ1) is 14.8. The van der Waals surface area contributed by atoms with Gasteiger partial charge in [0.05, 0.1) is 0 Å². The van der Waals surface area contributed by atoms with Gasteiger partial charge in [0.1, 0.15) is 0 Å². The van der Waals surface area contributed by atoms with Crippen molar-refractivity contribution in [2.24, 2.45) is 0 Å². The summed E-state index contributed by atoms with van der Waals surface area (Å²) in [7, 11) is 0. The maximum Gasteiger partial charge on any atom is -0.000835 e. The van der Waals surface area contributed by atoms with Crippen LogP contribution in [0.1, 0.15) is 30.4 Å². The summed E-state index contributed by atoms with van der Waals surface area (Å²) < 4.78 is 0. The lowest BCUT2D eigenvalue weighted by molar-refractivity contribution is 0.603. The van der Waals surface area contributed by atoms with Gasteiger partial charge in [0, 0.05) is 0 Å². The predicted octanol–water partition coefficient (Wildman–Crippen LogP) is 4.23. The molecule has 0 aliphatic carbocycles. The summed E-state index contributed by atoms with van der Waals surface area (Å²) in [5.74, 6) is 0. The molecule has 0 bridgehead atoms. The summed E-state index contributed by atoms with van der Waals surface area (Å²) in [5.41, 5.74) is 2.88. The van der Waals surface area contributed by atoms with Crippen LogP contribution in [0.5, 0.6) is 0 Å². The number of hydrogen-bond donors (Lipinski definition) is 1. The second-order valence-electron chi connectivity index (χ2n) is 5.28. The quantitative estimate of drug-likeness (QED) is 0.670. The van der Waals surface area contributed by atoms with Crippen molar-refractivity contribution in [2.45, 2.75) is 32.1 Å². The SMILES string of the molecule is c1ccc(CCCCCNCCc2ccccc2)cc1. The first-order chi connectivity index (χ1) is 9.95. The Hall–Kier alpha value is -1.60. The third-order valence-corrected chi connectivity index (χ3v) is 3.60. The number of benzene rings is 2. The fraction of sp³-hybridized carbons (Fsp3) is 0.368. The fourth-order valence-corrected chi connectivity index (χ4v) is 2.40. The molecule has 0 radical (unpaired) electrons. The Morgan fingerprint density at radius 3 is 1.80 bits per heavy atom. The van der Waals surface area contributed by atoms with Crippen LogP contribution in [0.15, 0.2) is 60.7 Å². The van der Waals surface area contributed by atoms with E-state index in [0.29, 0.717) is 0 Å². The number of unbranched alkanes of at least 4 members (excludes halogenated alkanes) is 2. The second-order valence-corrected chi connectivity index (χ2v) is 5.28. The standard InChI is InChI=1S/C19H25N/c1-4-10-18(11-5-1)12-8-3-9-16-20-17-15-19-13-6-2-7-14-19/h1-2,4-7,10-11,13-14,20H,3,8-9,12,15-17H2. The highest BCUT2D eigenvalue weighted by Gasteiger charge is 1.94. The number of aryl methyl sites for hydroxylation is 1. The number of nitrogens with one attached hydrogen (secondary N) is 1. The van der Waals surface area contributed by atoms with Gasteiger partial charge >= 0.3 is 0 Å². The van der Waals surface area contributed by atoms with Crippen LogP contribution in [0.3, 0.4) is 0 Å². The summed E-state index contributed by atoms with van der Waals surface area (Å²) in [6.07, 6.45) is 6.23. The fourth-order valence-electron chi connectivity index (χ4n) is 2.40. The van der Waals surface area contributed by atoms with Gasteiger partial charge in [0.2, 0.25) is 0 Å². The Balaban J connectivity index is 1.44. The molecule has 2 aromatic rings. The summed E-state index contributed by atoms with van der Waals surface area (Å²) in [6, 6.07) is 21.5. The third kappa shape index (κ3) is 6.03. The van der Waals surface area contributed by atoms with Gasteiger partial charge in [0.15, 0.2) is 0 Å². The van der Waals surface area contributed by atoms with Crippen molar-refractivity contribution in [1.82, 2.24) is 5.32 Å².